The van der Waals surface area contributed by atoms with Gasteiger partial charge in [-0.05, 0) is 19.3 Å². The molecule has 0 amide bonds. The summed E-state index contributed by atoms with van der Waals surface area (Å²) in [5, 5.41) is 11.6. The molecule has 0 radical (unpaired) electrons. The summed E-state index contributed by atoms with van der Waals surface area (Å²) in [5.74, 6) is 3.60. The van der Waals surface area contributed by atoms with Crippen LogP contribution in [0, 0.1) is 11.3 Å². The molecule has 0 aromatic rings. The topological polar surface area (TPSA) is 73.2 Å². The molecule has 2 aliphatic heterocycles. The third-order valence-corrected chi connectivity index (χ3v) is 2.73. The minimum Gasteiger partial charge on any atom is -0.322 e. The largest absolute Gasteiger partial charge is 0.322 e. The van der Waals surface area contributed by atoms with Gasteiger partial charge in [0.1, 0.15) is 17.3 Å². The average molecular weight is 215 g/mol. The maximum atomic E-state index is 10.8. The van der Waals surface area contributed by atoms with Gasteiger partial charge in [0.15, 0.2) is 17.7 Å². The number of fused-ring (bicyclic) bond motifs is 1. The van der Waals surface area contributed by atoms with E-state index in [1.807, 2.05) is 6.07 Å². The van der Waals surface area contributed by atoms with E-state index >= 15 is 0 Å². The molecular formula is C11H9N3O2. The number of carbonyl (C=O) groups excluding carboxylic acids is 2. The highest BCUT2D eigenvalue weighted by atomic mass is 16.1. The Kier molecular flexibility index (Phi) is 2.61. The quantitative estimate of drug-likeness (QED) is 0.586. The second kappa shape index (κ2) is 4.08. The van der Waals surface area contributed by atoms with Crippen LogP contribution >= 0.6 is 0 Å². The van der Waals surface area contributed by atoms with Crippen LogP contribution in [0.4, 0.5) is 0 Å². The summed E-state index contributed by atoms with van der Waals surface area (Å²) >= 11 is 0. The summed E-state index contributed by atoms with van der Waals surface area (Å²) < 4.78 is 0. The maximum absolute atomic E-state index is 10.8. The average Bonchev–Trinajstić information content (AvgIpc) is 2.36. The van der Waals surface area contributed by atoms with Gasteiger partial charge in [0.05, 0.1) is 0 Å². The molecule has 0 aliphatic carbocycles. The molecule has 0 aromatic heterocycles. The molecule has 5 nitrogen and oxygen atoms in total. The normalized spacial score (nSPS) is 19.3. The van der Waals surface area contributed by atoms with Crippen molar-refractivity contribution in [2.24, 2.45) is 0 Å². The van der Waals surface area contributed by atoms with Crippen LogP contribution in [0.1, 0.15) is 19.3 Å². The minimum atomic E-state index is 0.0361. The molecule has 2 rings (SSSR count). The van der Waals surface area contributed by atoms with Gasteiger partial charge in [0.2, 0.25) is 0 Å². The van der Waals surface area contributed by atoms with Crippen molar-refractivity contribution in [2.75, 3.05) is 6.54 Å². The lowest BCUT2D eigenvalue weighted by Gasteiger charge is -2.36. The van der Waals surface area contributed by atoms with Crippen molar-refractivity contribution >= 4 is 11.9 Å². The number of nitriles is 1. The van der Waals surface area contributed by atoms with Crippen LogP contribution in [0.25, 0.3) is 0 Å². The fraction of sp³-hybridized carbons (Fsp3) is 0.364. The van der Waals surface area contributed by atoms with E-state index in [-0.39, 0.29) is 17.1 Å². The summed E-state index contributed by atoms with van der Waals surface area (Å²) in [6.07, 6.45) is 2.60. The van der Waals surface area contributed by atoms with Crippen LogP contribution in [-0.4, -0.2) is 23.3 Å². The zero-order chi connectivity index (χ0) is 11.5. The Bertz CT molecular complexity index is 500. The number of allylic oxidation sites excluding steroid dienone is 2. The Balaban J connectivity index is 2.60. The number of rotatable bonds is 0. The van der Waals surface area contributed by atoms with E-state index in [4.69, 9.17) is 5.26 Å². The highest BCUT2D eigenvalue weighted by molar-refractivity contribution is 5.69. The highest BCUT2D eigenvalue weighted by Gasteiger charge is 2.30. The smallest absolute Gasteiger partial charge is 0.198 e. The molecule has 1 fully saturated rings. The fourth-order valence-corrected chi connectivity index (χ4v) is 2.01. The third-order valence-electron chi connectivity index (χ3n) is 2.73. The Morgan fingerprint density at radius 3 is 2.69 bits per heavy atom. The van der Waals surface area contributed by atoms with Crippen molar-refractivity contribution in [1.82, 2.24) is 10.2 Å². The van der Waals surface area contributed by atoms with Gasteiger partial charge in [-0.1, -0.05) is 0 Å². The van der Waals surface area contributed by atoms with Gasteiger partial charge >= 0.3 is 0 Å². The number of nitrogens with zero attached hydrogens (tertiary/aromatic N) is 2. The first-order valence-electron chi connectivity index (χ1n) is 5.00. The fourth-order valence-electron chi connectivity index (χ4n) is 2.01. The van der Waals surface area contributed by atoms with Crippen molar-refractivity contribution in [3.05, 3.63) is 22.8 Å². The van der Waals surface area contributed by atoms with Crippen molar-refractivity contribution in [1.29, 1.82) is 5.26 Å². The van der Waals surface area contributed by atoms with Gasteiger partial charge in [-0.15, -0.1) is 0 Å². The van der Waals surface area contributed by atoms with Gasteiger partial charge in [0, 0.05) is 12.2 Å². The van der Waals surface area contributed by atoms with E-state index in [1.165, 1.54) is 0 Å². The summed E-state index contributed by atoms with van der Waals surface area (Å²) in [5.41, 5.74) is 1.05. The van der Waals surface area contributed by atoms with Crippen LogP contribution in [-0.2, 0) is 9.59 Å². The predicted molar refractivity (Wildman–Crippen MR) is 54.7 cm³/mol. The zero-order valence-corrected chi connectivity index (χ0v) is 8.54. The summed E-state index contributed by atoms with van der Waals surface area (Å²) in [4.78, 5) is 23.2. The second-order valence-electron chi connectivity index (χ2n) is 3.59. The van der Waals surface area contributed by atoms with Crippen LogP contribution in [0.15, 0.2) is 22.8 Å². The first-order valence-corrected chi connectivity index (χ1v) is 5.00. The number of nitrogens with one attached hydrogen (secondary N) is 1. The molecule has 0 spiro atoms. The lowest BCUT2D eigenvalue weighted by atomic mass is 9.99. The van der Waals surface area contributed by atoms with E-state index in [0.29, 0.717) is 13.0 Å². The molecule has 0 bridgehead atoms. The van der Waals surface area contributed by atoms with Gasteiger partial charge in [-0.3, -0.25) is 0 Å². The molecule has 0 saturated carbocycles. The van der Waals surface area contributed by atoms with Crippen LogP contribution in [0.3, 0.4) is 0 Å². The van der Waals surface area contributed by atoms with Crippen molar-refractivity contribution in [3.63, 3.8) is 0 Å². The first kappa shape index (κ1) is 10.3. The van der Waals surface area contributed by atoms with Gasteiger partial charge in [-0.2, -0.15) is 5.26 Å². The molecule has 16 heavy (non-hydrogen) atoms. The Hall–Kier alpha value is -2.27. The van der Waals surface area contributed by atoms with Crippen LogP contribution < -0.4 is 5.32 Å². The number of piperidine rings is 1. The van der Waals surface area contributed by atoms with Crippen molar-refractivity contribution in [2.45, 2.75) is 19.3 Å². The highest BCUT2D eigenvalue weighted by Crippen LogP contribution is 2.31. The Labute approximate surface area is 92.3 Å². The van der Waals surface area contributed by atoms with E-state index in [1.54, 1.807) is 16.8 Å². The molecule has 2 heterocycles. The molecule has 80 valence electrons. The predicted octanol–water partition coefficient (Wildman–Crippen LogP) is 0.242. The van der Waals surface area contributed by atoms with Crippen molar-refractivity contribution < 1.29 is 9.59 Å². The molecule has 0 atom stereocenters. The molecule has 2 aliphatic rings. The van der Waals surface area contributed by atoms with E-state index in [0.717, 1.165) is 18.5 Å². The molecule has 1 saturated heterocycles. The molecule has 5 heteroatoms. The van der Waals surface area contributed by atoms with Gasteiger partial charge in [0.25, 0.3) is 0 Å². The van der Waals surface area contributed by atoms with Gasteiger partial charge in [-0.25, -0.2) is 9.59 Å². The van der Waals surface area contributed by atoms with Crippen molar-refractivity contribution in [3.8, 4) is 6.07 Å². The Morgan fingerprint density at radius 1 is 1.25 bits per heavy atom. The maximum Gasteiger partial charge on any atom is 0.198 e. The summed E-state index contributed by atoms with van der Waals surface area (Å²) in [6, 6.07) is 1.98. The molecule has 1 N–H and O–H groups in total. The molecule has 0 aromatic carbocycles. The summed E-state index contributed by atoms with van der Waals surface area (Å²) in [7, 11) is 0. The van der Waals surface area contributed by atoms with E-state index in [2.05, 4.69) is 5.32 Å². The number of hydrogen-bond donors (Lipinski definition) is 1. The number of hydrogen-bond acceptors (Lipinski definition) is 5. The standard InChI is InChI=1S/C11H9N3O2/c12-5-8-9(6-15)13-11(7-16)14-4-2-1-3-10(8)14/h13H,1-4H2. The molecule has 0 unspecified atom stereocenters. The summed E-state index contributed by atoms with van der Waals surface area (Å²) in [6.45, 7) is 0.671. The van der Waals surface area contributed by atoms with E-state index in [9.17, 15) is 9.59 Å². The first-order chi connectivity index (χ1) is 7.81. The van der Waals surface area contributed by atoms with Crippen LogP contribution in [0.5, 0.6) is 0 Å². The third kappa shape index (κ3) is 1.43. The monoisotopic (exact) mass is 215 g/mol. The SMILES string of the molecule is N#CC1=C2CCCCN2C(=C=O)NC1=C=O. The lowest BCUT2D eigenvalue weighted by molar-refractivity contribution is 0.326. The van der Waals surface area contributed by atoms with Crippen LogP contribution in [0.2, 0.25) is 0 Å². The minimum absolute atomic E-state index is 0.0361. The zero-order valence-electron chi connectivity index (χ0n) is 8.54. The Morgan fingerprint density at radius 2 is 2.06 bits per heavy atom. The molecular weight excluding hydrogens is 206 g/mol. The van der Waals surface area contributed by atoms with Gasteiger partial charge < -0.3 is 10.2 Å². The lowest BCUT2D eigenvalue weighted by Crippen LogP contribution is -2.40. The second-order valence-corrected chi connectivity index (χ2v) is 3.59. The van der Waals surface area contributed by atoms with E-state index < -0.39 is 0 Å².